The molecule has 0 saturated carbocycles. The smallest absolute Gasteiger partial charge is 0.207 e. The standard InChI is InChI=1S/C18H17N5O/c1-12-17(18-19-21-22-20-18)15-10-14(24-2)8-9-16(15)23(12)11-13-6-4-3-5-7-13/h3-10H,11H2,1-2H3,(H,19,20,21,22). The molecule has 0 bridgehead atoms. The predicted octanol–water partition coefficient (Wildman–Crippen LogP) is 3.19. The van der Waals surface area contributed by atoms with Crippen LogP contribution in [0.3, 0.4) is 0 Å². The van der Waals surface area contributed by atoms with E-state index in [1.807, 2.05) is 18.2 Å². The maximum atomic E-state index is 5.39. The molecule has 0 unspecified atom stereocenters. The van der Waals surface area contributed by atoms with Gasteiger partial charge in [-0.1, -0.05) is 30.3 Å². The Balaban J connectivity index is 1.95. The average molecular weight is 319 g/mol. The normalized spacial score (nSPS) is 11.1. The fourth-order valence-electron chi connectivity index (χ4n) is 3.11. The Morgan fingerprint density at radius 1 is 1.12 bits per heavy atom. The second kappa shape index (κ2) is 5.81. The molecular formula is C18H17N5O. The van der Waals surface area contributed by atoms with E-state index in [-0.39, 0.29) is 0 Å². The molecule has 0 spiro atoms. The van der Waals surface area contributed by atoms with E-state index in [0.717, 1.165) is 34.5 Å². The summed E-state index contributed by atoms with van der Waals surface area (Å²) in [5.74, 6) is 1.40. The van der Waals surface area contributed by atoms with Crippen molar-refractivity contribution >= 4 is 10.9 Å². The molecule has 6 nitrogen and oxygen atoms in total. The minimum atomic E-state index is 0.595. The van der Waals surface area contributed by atoms with Crippen molar-refractivity contribution in [1.29, 1.82) is 0 Å². The first-order chi connectivity index (χ1) is 11.8. The van der Waals surface area contributed by atoms with Crippen molar-refractivity contribution in [2.24, 2.45) is 0 Å². The molecule has 1 N–H and O–H groups in total. The van der Waals surface area contributed by atoms with Crippen molar-refractivity contribution in [3.8, 4) is 17.1 Å². The lowest BCUT2D eigenvalue weighted by Gasteiger charge is -2.09. The molecule has 0 aliphatic rings. The number of nitrogens with one attached hydrogen (secondary N) is 1. The summed E-state index contributed by atoms with van der Waals surface area (Å²) in [4.78, 5) is 0. The Morgan fingerprint density at radius 2 is 1.96 bits per heavy atom. The van der Waals surface area contributed by atoms with Crippen LogP contribution in [0.4, 0.5) is 0 Å². The van der Waals surface area contributed by atoms with Crippen LogP contribution in [-0.2, 0) is 6.54 Å². The van der Waals surface area contributed by atoms with Gasteiger partial charge in [0.15, 0.2) is 0 Å². The van der Waals surface area contributed by atoms with Crippen LogP contribution in [0.25, 0.3) is 22.3 Å². The van der Waals surface area contributed by atoms with Crippen molar-refractivity contribution in [1.82, 2.24) is 25.2 Å². The summed E-state index contributed by atoms with van der Waals surface area (Å²) in [6.07, 6.45) is 0. The van der Waals surface area contributed by atoms with E-state index in [1.54, 1.807) is 7.11 Å². The van der Waals surface area contributed by atoms with Crippen LogP contribution >= 0.6 is 0 Å². The maximum absolute atomic E-state index is 5.39. The summed E-state index contributed by atoms with van der Waals surface area (Å²) in [7, 11) is 1.67. The minimum absolute atomic E-state index is 0.595. The van der Waals surface area contributed by atoms with Gasteiger partial charge in [0.05, 0.1) is 12.7 Å². The highest BCUT2D eigenvalue weighted by molar-refractivity contribution is 5.97. The Labute approximate surface area is 139 Å². The molecule has 2 aromatic heterocycles. The first-order valence-corrected chi connectivity index (χ1v) is 7.72. The zero-order valence-electron chi connectivity index (χ0n) is 13.5. The molecular weight excluding hydrogens is 302 g/mol. The minimum Gasteiger partial charge on any atom is -0.497 e. The van der Waals surface area contributed by atoms with E-state index < -0.39 is 0 Å². The van der Waals surface area contributed by atoms with Crippen molar-refractivity contribution in [2.75, 3.05) is 7.11 Å². The van der Waals surface area contributed by atoms with E-state index >= 15 is 0 Å². The molecule has 6 heteroatoms. The van der Waals surface area contributed by atoms with Gasteiger partial charge in [-0.05, 0) is 35.9 Å². The summed E-state index contributed by atoms with van der Waals surface area (Å²) in [5.41, 5.74) is 4.45. The van der Waals surface area contributed by atoms with Crippen molar-refractivity contribution in [3.63, 3.8) is 0 Å². The van der Waals surface area contributed by atoms with Gasteiger partial charge in [0.25, 0.3) is 0 Å². The number of ether oxygens (including phenoxy) is 1. The SMILES string of the molecule is COc1ccc2c(c1)c(-c1nn[nH]n1)c(C)n2Cc1ccccc1. The third-order valence-corrected chi connectivity index (χ3v) is 4.28. The van der Waals surface area contributed by atoms with Crippen LogP contribution in [0.2, 0.25) is 0 Å². The molecule has 120 valence electrons. The predicted molar refractivity (Wildman–Crippen MR) is 91.9 cm³/mol. The Bertz CT molecular complexity index is 974. The highest BCUT2D eigenvalue weighted by Gasteiger charge is 2.19. The second-order valence-electron chi connectivity index (χ2n) is 5.65. The fourth-order valence-corrected chi connectivity index (χ4v) is 3.11. The monoisotopic (exact) mass is 319 g/mol. The van der Waals surface area contributed by atoms with Crippen LogP contribution in [0.15, 0.2) is 48.5 Å². The topological polar surface area (TPSA) is 68.6 Å². The zero-order chi connectivity index (χ0) is 16.5. The van der Waals surface area contributed by atoms with Gasteiger partial charge < -0.3 is 9.30 Å². The summed E-state index contributed by atoms with van der Waals surface area (Å²) < 4.78 is 7.66. The maximum Gasteiger partial charge on any atom is 0.207 e. The molecule has 0 radical (unpaired) electrons. The quantitative estimate of drug-likeness (QED) is 0.627. The lowest BCUT2D eigenvalue weighted by Crippen LogP contribution is -2.01. The lowest BCUT2D eigenvalue weighted by molar-refractivity contribution is 0.415. The van der Waals surface area contributed by atoms with E-state index in [9.17, 15) is 0 Å². The molecule has 4 aromatic rings. The average Bonchev–Trinajstić information content (AvgIpc) is 3.22. The van der Waals surface area contributed by atoms with Crippen LogP contribution in [0.5, 0.6) is 5.75 Å². The van der Waals surface area contributed by atoms with Gasteiger partial charge in [0.2, 0.25) is 5.82 Å². The zero-order valence-corrected chi connectivity index (χ0v) is 13.5. The number of tetrazole rings is 1. The van der Waals surface area contributed by atoms with E-state index in [1.165, 1.54) is 5.56 Å². The number of benzene rings is 2. The molecule has 2 heterocycles. The summed E-state index contributed by atoms with van der Waals surface area (Å²) in [6, 6.07) is 16.5. The number of H-pyrrole nitrogens is 1. The Morgan fingerprint density at radius 3 is 2.67 bits per heavy atom. The molecule has 0 saturated heterocycles. The number of aromatic amines is 1. The van der Waals surface area contributed by atoms with Crippen LogP contribution in [0.1, 0.15) is 11.3 Å². The highest BCUT2D eigenvalue weighted by Crippen LogP contribution is 2.35. The molecule has 24 heavy (non-hydrogen) atoms. The first kappa shape index (κ1) is 14.4. The molecule has 2 aromatic carbocycles. The van der Waals surface area contributed by atoms with E-state index in [0.29, 0.717) is 5.82 Å². The number of aromatic nitrogens is 5. The van der Waals surface area contributed by atoms with Crippen LogP contribution in [-0.4, -0.2) is 32.3 Å². The number of hydrogen-bond acceptors (Lipinski definition) is 4. The van der Waals surface area contributed by atoms with Gasteiger partial charge in [-0.25, -0.2) is 0 Å². The fraction of sp³-hybridized carbons (Fsp3) is 0.167. The summed E-state index contributed by atoms with van der Waals surface area (Å²) in [6.45, 7) is 2.87. The molecule has 0 aliphatic heterocycles. The third kappa shape index (κ3) is 2.32. The molecule has 0 atom stereocenters. The number of rotatable bonds is 4. The lowest BCUT2D eigenvalue weighted by atomic mass is 10.1. The van der Waals surface area contributed by atoms with Crippen molar-refractivity contribution in [3.05, 3.63) is 59.8 Å². The molecule has 0 amide bonds. The number of nitrogens with zero attached hydrogens (tertiary/aromatic N) is 4. The van der Waals surface area contributed by atoms with Gasteiger partial charge >= 0.3 is 0 Å². The first-order valence-electron chi connectivity index (χ1n) is 7.72. The summed E-state index contributed by atoms with van der Waals surface area (Å²) in [5, 5.41) is 15.6. The van der Waals surface area contributed by atoms with Crippen molar-refractivity contribution in [2.45, 2.75) is 13.5 Å². The van der Waals surface area contributed by atoms with E-state index in [2.05, 4.69) is 62.4 Å². The number of hydrogen-bond donors (Lipinski definition) is 1. The second-order valence-corrected chi connectivity index (χ2v) is 5.65. The van der Waals surface area contributed by atoms with Crippen LogP contribution < -0.4 is 4.74 Å². The third-order valence-electron chi connectivity index (χ3n) is 4.28. The molecule has 0 fully saturated rings. The molecule has 0 aliphatic carbocycles. The Hall–Kier alpha value is -3.15. The van der Waals surface area contributed by atoms with Gasteiger partial charge in [-0.3, -0.25) is 0 Å². The van der Waals surface area contributed by atoms with Crippen molar-refractivity contribution < 1.29 is 4.74 Å². The Kier molecular flexibility index (Phi) is 3.49. The van der Waals surface area contributed by atoms with E-state index in [4.69, 9.17) is 4.74 Å². The number of methoxy groups -OCH3 is 1. The van der Waals surface area contributed by atoms with Gasteiger partial charge in [-0.2, -0.15) is 5.21 Å². The van der Waals surface area contributed by atoms with Gasteiger partial charge in [-0.15, -0.1) is 10.2 Å². The van der Waals surface area contributed by atoms with Crippen LogP contribution in [0, 0.1) is 6.92 Å². The highest BCUT2D eigenvalue weighted by atomic mass is 16.5. The number of fused-ring (bicyclic) bond motifs is 1. The molecule has 4 rings (SSSR count). The van der Waals surface area contributed by atoms with Gasteiger partial charge in [0, 0.05) is 23.1 Å². The largest absolute Gasteiger partial charge is 0.497 e. The summed E-state index contributed by atoms with van der Waals surface area (Å²) >= 11 is 0. The van der Waals surface area contributed by atoms with Gasteiger partial charge in [0.1, 0.15) is 5.75 Å².